The summed E-state index contributed by atoms with van der Waals surface area (Å²) in [5.74, 6) is 0.917. The van der Waals surface area contributed by atoms with Crippen LogP contribution in [0.25, 0.3) is 0 Å². The van der Waals surface area contributed by atoms with Crippen molar-refractivity contribution in [3.05, 3.63) is 29.8 Å². The number of benzene rings is 1. The lowest BCUT2D eigenvalue weighted by Gasteiger charge is -2.33. The number of rotatable bonds is 8. The molecule has 3 rings (SSSR count). The lowest BCUT2D eigenvalue weighted by atomic mass is 10.0. The molecule has 2 fully saturated rings. The molecule has 0 aliphatic carbocycles. The van der Waals surface area contributed by atoms with Crippen LogP contribution in [0.5, 0.6) is 5.75 Å². The van der Waals surface area contributed by atoms with E-state index in [9.17, 15) is 5.11 Å². The topological polar surface area (TPSA) is 48.4 Å². The third kappa shape index (κ3) is 5.93. The average molecular weight is 364 g/mol. The molecule has 26 heavy (non-hydrogen) atoms. The summed E-state index contributed by atoms with van der Waals surface area (Å²) in [5, 5.41) is 10.9. The number of hydrogen-bond acceptors (Lipinski definition) is 6. The first-order valence-electron chi connectivity index (χ1n) is 9.64. The van der Waals surface area contributed by atoms with Gasteiger partial charge in [-0.1, -0.05) is 12.1 Å². The summed E-state index contributed by atoms with van der Waals surface area (Å²) in [6.07, 6.45) is 0.843. The molecule has 0 radical (unpaired) electrons. The fourth-order valence-electron chi connectivity index (χ4n) is 3.68. The highest BCUT2D eigenvalue weighted by Gasteiger charge is 2.37. The van der Waals surface area contributed by atoms with Crippen LogP contribution >= 0.6 is 0 Å². The molecule has 0 amide bonds. The minimum Gasteiger partial charge on any atom is -0.492 e. The number of likely N-dealkylation sites (N-methyl/N-ethyl adjacent to an activating group) is 1. The SMILES string of the molecule is CN(C)CCOc1ccc(CN2CC[C@@](O)(CN3CCOCC3)C2)cc1. The van der Waals surface area contributed by atoms with Crippen molar-refractivity contribution in [2.45, 2.75) is 18.6 Å². The van der Waals surface area contributed by atoms with E-state index < -0.39 is 5.60 Å². The predicted molar refractivity (Wildman–Crippen MR) is 103 cm³/mol. The van der Waals surface area contributed by atoms with Gasteiger partial charge in [-0.15, -0.1) is 0 Å². The molecule has 6 nitrogen and oxygen atoms in total. The minimum atomic E-state index is -0.591. The van der Waals surface area contributed by atoms with Crippen molar-refractivity contribution >= 4 is 0 Å². The van der Waals surface area contributed by atoms with E-state index in [-0.39, 0.29) is 0 Å². The molecule has 0 unspecified atom stereocenters. The Labute approximate surface area is 157 Å². The molecule has 0 aromatic heterocycles. The van der Waals surface area contributed by atoms with E-state index in [2.05, 4.69) is 26.8 Å². The Balaban J connectivity index is 1.44. The second-order valence-corrected chi connectivity index (χ2v) is 7.87. The number of likely N-dealkylation sites (tertiary alicyclic amines) is 1. The average Bonchev–Trinajstić information content (AvgIpc) is 2.97. The van der Waals surface area contributed by atoms with Crippen molar-refractivity contribution in [3.8, 4) is 5.75 Å². The molecule has 0 bridgehead atoms. The molecule has 0 saturated carbocycles. The first kappa shape index (κ1) is 19.6. The summed E-state index contributed by atoms with van der Waals surface area (Å²) in [6.45, 7) is 8.35. The van der Waals surface area contributed by atoms with Gasteiger partial charge in [-0.2, -0.15) is 0 Å². The van der Waals surface area contributed by atoms with E-state index in [0.717, 1.165) is 71.2 Å². The maximum absolute atomic E-state index is 10.9. The van der Waals surface area contributed by atoms with Gasteiger partial charge in [-0.3, -0.25) is 9.80 Å². The van der Waals surface area contributed by atoms with Gasteiger partial charge in [-0.25, -0.2) is 0 Å². The van der Waals surface area contributed by atoms with Gasteiger partial charge in [0.2, 0.25) is 0 Å². The van der Waals surface area contributed by atoms with Crippen molar-refractivity contribution in [1.82, 2.24) is 14.7 Å². The van der Waals surface area contributed by atoms with Crippen LogP contribution in [-0.2, 0) is 11.3 Å². The van der Waals surface area contributed by atoms with Gasteiger partial charge in [0.25, 0.3) is 0 Å². The molecule has 1 aromatic rings. The molecule has 2 heterocycles. The van der Waals surface area contributed by atoms with E-state index in [4.69, 9.17) is 9.47 Å². The number of aliphatic hydroxyl groups is 1. The molecule has 146 valence electrons. The molecule has 2 aliphatic heterocycles. The normalized spacial score (nSPS) is 25.1. The quantitative estimate of drug-likeness (QED) is 0.741. The zero-order valence-electron chi connectivity index (χ0n) is 16.2. The van der Waals surface area contributed by atoms with Crippen molar-refractivity contribution in [2.24, 2.45) is 0 Å². The standard InChI is InChI=1S/C20H33N3O3/c1-21(2)9-14-26-19-5-3-18(4-6-19)15-23-8-7-20(24,17-23)16-22-10-12-25-13-11-22/h3-6,24H,7-17H2,1-2H3/t20-/m1/s1. The Hall–Kier alpha value is -1.18. The largest absolute Gasteiger partial charge is 0.492 e. The summed E-state index contributed by atoms with van der Waals surface area (Å²) < 4.78 is 11.1. The number of β-amino-alcohol motifs (C(OH)–C–C–N with tert-alkyl or cyclic N) is 1. The molecule has 6 heteroatoms. The fourth-order valence-corrected chi connectivity index (χ4v) is 3.68. The molecule has 1 aromatic carbocycles. The first-order valence-corrected chi connectivity index (χ1v) is 9.64. The second-order valence-electron chi connectivity index (χ2n) is 7.87. The molecule has 1 N–H and O–H groups in total. The van der Waals surface area contributed by atoms with Crippen LogP contribution < -0.4 is 4.74 Å². The number of ether oxygens (including phenoxy) is 2. The molecular formula is C20H33N3O3. The Morgan fingerprint density at radius 2 is 1.85 bits per heavy atom. The Kier molecular flexibility index (Phi) is 6.89. The van der Waals surface area contributed by atoms with Crippen LogP contribution in [0.4, 0.5) is 0 Å². The van der Waals surface area contributed by atoms with Crippen LogP contribution in [-0.4, -0.2) is 98.6 Å². The lowest BCUT2D eigenvalue weighted by Crippen LogP contribution is -2.48. The van der Waals surface area contributed by atoms with Crippen LogP contribution in [0, 0.1) is 0 Å². The zero-order chi connectivity index (χ0) is 18.4. The van der Waals surface area contributed by atoms with Gasteiger partial charge in [0.15, 0.2) is 0 Å². The maximum Gasteiger partial charge on any atom is 0.119 e. The summed E-state index contributed by atoms with van der Waals surface area (Å²) in [6, 6.07) is 8.34. The third-order valence-corrected chi connectivity index (χ3v) is 5.17. The van der Waals surface area contributed by atoms with Crippen LogP contribution in [0.3, 0.4) is 0 Å². The first-order chi connectivity index (χ1) is 12.5. The smallest absolute Gasteiger partial charge is 0.119 e. The highest BCUT2D eigenvalue weighted by Crippen LogP contribution is 2.25. The van der Waals surface area contributed by atoms with Crippen molar-refractivity contribution < 1.29 is 14.6 Å². The monoisotopic (exact) mass is 363 g/mol. The Morgan fingerprint density at radius 1 is 1.12 bits per heavy atom. The van der Waals surface area contributed by atoms with E-state index in [1.54, 1.807) is 0 Å². The Bertz CT molecular complexity index is 546. The van der Waals surface area contributed by atoms with Gasteiger partial charge >= 0.3 is 0 Å². The maximum atomic E-state index is 10.9. The molecule has 2 saturated heterocycles. The second kappa shape index (κ2) is 9.15. The Morgan fingerprint density at radius 3 is 2.54 bits per heavy atom. The fraction of sp³-hybridized carbons (Fsp3) is 0.700. The van der Waals surface area contributed by atoms with E-state index >= 15 is 0 Å². The van der Waals surface area contributed by atoms with Crippen LogP contribution in [0.15, 0.2) is 24.3 Å². The van der Waals surface area contributed by atoms with Gasteiger partial charge < -0.3 is 19.5 Å². The third-order valence-electron chi connectivity index (χ3n) is 5.17. The van der Waals surface area contributed by atoms with Gasteiger partial charge in [-0.05, 0) is 38.2 Å². The highest BCUT2D eigenvalue weighted by molar-refractivity contribution is 5.27. The summed E-state index contributed by atoms with van der Waals surface area (Å²) in [4.78, 5) is 6.79. The summed E-state index contributed by atoms with van der Waals surface area (Å²) in [7, 11) is 4.09. The van der Waals surface area contributed by atoms with Crippen LogP contribution in [0.2, 0.25) is 0 Å². The number of nitrogens with zero attached hydrogens (tertiary/aromatic N) is 3. The highest BCUT2D eigenvalue weighted by atomic mass is 16.5. The minimum absolute atomic E-state index is 0.591. The van der Waals surface area contributed by atoms with Gasteiger partial charge in [0.05, 0.1) is 18.8 Å². The van der Waals surface area contributed by atoms with Gasteiger partial charge in [0.1, 0.15) is 12.4 Å². The van der Waals surface area contributed by atoms with Crippen molar-refractivity contribution in [3.63, 3.8) is 0 Å². The predicted octanol–water partition coefficient (Wildman–Crippen LogP) is 0.896. The van der Waals surface area contributed by atoms with E-state index in [0.29, 0.717) is 6.61 Å². The lowest BCUT2D eigenvalue weighted by molar-refractivity contribution is -0.0266. The summed E-state index contributed by atoms with van der Waals surface area (Å²) >= 11 is 0. The summed E-state index contributed by atoms with van der Waals surface area (Å²) in [5.41, 5.74) is 0.674. The van der Waals surface area contributed by atoms with E-state index in [1.165, 1.54) is 5.56 Å². The van der Waals surface area contributed by atoms with E-state index in [1.807, 2.05) is 26.2 Å². The van der Waals surface area contributed by atoms with Crippen molar-refractivity contribution in [2.75, 3.05) is 73.2 Å². The van der Waals surface area contributed by atoms with Crippen molar-refractivity contribution in [1.29, 1.82) is 0 Å². The molecule has 0 spiro atoms. The number of morpholine rings is 1. The van der Waals surface area contributed by atoms with Crippen LogP contribution in [0.1, 0.15) is 12.0 Å². The number of hydrogen-bond donors (Lipinski definition) is 1. The zero-order valence-corrected chi connectivity index (χ0v) is 16.2. The van der Waals surface area contributed by atoms with Gasteiger partial charge in [0, 0.05) is 45.8 Å². The molecule has 1 atom stereocenters. The molecular weight excluding hydrogens is 330 g/mol. The molecule has 2 aliphatic rings.